The average Bonchev–Trinajstić information content (AvgIpc) is 2.71. The van der Waals surface area contributed by atoms with E-state index in [9.17, 15) is 14.4 Å². The van der Waals surface area contributed by atoms with Gasteiger partial charge >= 0.3 is 17.9 Å². The predicted octanol–water partition coefficient (Wildman–Crippen LogP) is 3.70. The van der Waals surface area contributed by atoms with Crippen molar-refractivity contribution in [3.63, 3.8) is 0 Å². The molecule has 0 heterocycles. The van der Waals surface area contributed by atoms with Gasteiger partial charge in [0, 0.05) is 6.92 Å². The minimum atomic E-state index is -1.05. The average molecular weight is 394 g/mol. The van der Waals surface area contributed by atoms with E-state index in [0.29, 0.717) is 11.3 Å². The maximum Gasteiger partial charge on any atom is 0.343 e. The molecule has 3 aromatic rings. The molecule has 7 heteroatoms. The number of carboxylic acid groups (broad SMARTS) is 1. The Bertz CT molecular complexity index is 1050. The maximum atomic E-state index is 12.4. The predicted molar refractivity (Wildman–Crippen MR) is 104 cm³/mol. The largest absolute Gasteiger partial charge is 0.490 e. The van der Waals surface area contributed by atoms with E-state index in [1.165, 1.54) is 31.2 Å². The molecule has 7 nitrogen and oxygen atoms in total. The molecule has 0 saturated carbocycles. The summed E-state index contributed by atoms with van der Waals surface area (Å²) in [5, 5.41) is 10.6. The van der Waals surface area contributed by atoms with E-state index < -0.39 is 11.9 Å². The van der Waals surface area contributed by atoms with Crippen molar-refractivity contribution in [2.45, 2.75) is 6.92 Å². The summed E-state index contributed by atoms with van der Waals surface area (Å²) < 4.78 is 15.6. The first kappa shape index (κ1) is 19.9. The molecule has 0 fully saturated rings. The lowest BCUT2D eigenvalue weighted by molar-refractivity contribution is -0.141. The fraction of sp³-hybridized carbons (Fsp3) is 0.136. The highest BCUT2D eigenvalue weighted by atomic mass is 16.6. The summed E-state index contributed by atoms with van der Waals surface area (Å²) in [6.07, 6.45) is 0. The number of fused-ring (bicyclic) bond motifs is 1. The Morgan fingerprint density at radius 1 is 0.793 bits per heavy atom. The zero-order chi connectivity index (χ0) is 20.8. The lowest BCUT2D eigenvalue weighted by Crippen LogP contribution is -2.09. The summed E-state index contributed by atoms with van der Waals surface area (Å²) in [5.41, 5.74) is 0.477. The monoisotopic (exact) mass is 394 g/mol. The van der Waals surface area contributed by atoms with Crippen molar-refractivity contribution in [2.24, 2.45) is 0 Å². The van der Waals surface area contributed by atoms with Crippen molar-refractivity contribution in [3.8, 4) is 11.5 Å². The van der Waals surface area contributed by atoms with Gasteiger partial charge in [-0.1, -0.05) is 12.1 Å². The normalized spacial score (nSPS) is 10.4. The molecule has 148 valence electrons. The van der Waals surface area contributed by atoms with Crippen molar-refractivity contribution >= 4 is 28.7 Å². The van der Waals surface area contributed by atoms with E-state index >= 15 is 0 Å². The van der Waals surface area contributed by atoms with Crippen molar-refractivity contribution < 1.29 is 33.7 Å². The molecular weight excluding hydrogens is 376 g/mol. The molecule has 0 unspecified atom stereocenters. The standard InChI is InChI=1S/C22H18O7/c1-14(23)27-10-11-28-20-9-6-16-12-18(3-2-17(16)13-20)22(26)29-19-7-4-15(5-8-19)21(24)25/h2-9,12-13H,10-11H2,1H3,(H,24,25). The second-order valence-corrected chi connectivity index (χ2v) is 6.13. The van der Waals surface area contributed by atoms with Gasteiger partial charge < -0.3 is 19.3 Å². The van der Waals surface area contributed by atoms with Crippen LogP contribution < -0.4 is 9.47 Å². The fourth-order valence-corrected chi connectivity index (χ4v) is 2.62. The number of carbonyl (C=O) groups is 3. The summed E-state index contributed by atoms with van der Waals surface area (Å²) in [7, 11) is 0. The molecule has 0 bridgehead atoms. The Morgan fingerprint density at radius 2 is 1.41 bits per heavy atom. The molecular formula is C22H18O7. The van der Waals surface area contributed by atoms with Gasteiger partial charge in [0.15, 0.2) is 0 Å². The third kappa shape index (κ3) is 5.32. The second kappa shape index (κ2) is 8.88. The number of ether oxygens (including phenoxy) is 3. The van der Waals surface area contributed by atoms with Crippen molar-refractivity contribution in [3.05, 3.63) is 71.8 Å². The van der Waals surface area contributed by atoms with Crippen LogP contribution in [0.1, 0.15) is 27.6 Å². The highest BCUT2D eigenvalue weighted by molar-refractivity contribution is 5.96. The van der Waals surface area contributed by atoms with E-state index in [2.05, 4.69) is 0 Å². The molecule has 0 saturated heterocycles. The topological polar surface area (TPSA) is 99.1 Å². The molecule has 0 aliphatic rings. The van der Waals surface area contributed by atoms with Gasteiger partial charge in [0.25, 0.3) is 0 Å². The third-order valence-electron chi connectivity index (χ3n) is 4.02. The first-order chi connectivity index (χ1) is 13.9. The van der Waals surface area contributed by atoms with Gasteiger partial charge in [0.1, 0.15) is 24.7 Å². The Morgan fingerprint density at radius 3 is 2.10 bits per heavy atom. The smallest absolute Gasteiger partial charge is 0.343 e. The molecule has 3 aromatic carbocycles. The van der Waals surface area contributed by atoms with Gasteiger partial charge in [-0.15, -0.1) is 0 Å². The Labute approximate surface area is 166 Å². The Kier molecular flexibility index (Phi) is 6.09. The number of esters is 2. The van der Waals surface area contributed by atoms with E-state index in [1.807, 2.05) is 12.1 Å². The second-order valence-electron chi connectivity index (χ2n) is 6.13. The van der Waals surface area contributed by atoms with Gasteiger partial charge in [-0.2, -0.15) is 0 Å². The minimum absolute atomic E-state index is 0.112. The van der Waals surface area contributed by atoms with E-state index in [4.69, 9.17) is 19.3 Å². The van der Waals surface area contributed by atoms with Crippen LogP contribution in [0.2, 0.25) is 0 Å². The van der Waals surface area contributed by atoms with Gasteiger partial charge in [0.2, 0.25) is 0 Å². The quantitative estimate of drug-likeness (QED) is 0.371. The van der Waals surface area contributed by atoms with Crippen LogP contribution in [0.15, 0.2) is 60.7 Å². The van der Waals surface area contributed by atoms with Crippen LogP contribution in [0.5, 0.6) is 11.5 Å². The summed E-state index contributed by atoms with van der Waals surface area (Å²) in [4.78, 5) is 34.0. The van der Waals surface area contributed by atoms with E-state index in [-0.39, 0.29) is 30.5 Å². The molecule has 1 N–H and O–H groups in total. The summed E-state index contributed by atoms with van der Waals surface area (Å²) in [6.45, 7) is 1.76. The van der Waals surface area contributed by atoms with Gasteiger partial charge in [-0.05, 0) is 59.3 Å². The lowest BCUT2D eigenvalue weighted by atomic mass is 10.1. The molecule has 0 aliphatic carbocycles. The highest BCUT2D eigenvalue weighted by Gasteiger charge is 2.11. The molecule has 0 aliphatic heterocycles. The van der Waals surface area contributed by atoms with Gasteiger partial charge in [-0.3, -0.25) is 4.79 Å². The van der Waals surface area contributed by atoms with Crippen molar-refractivity contribution in [1.82, 2.24) is 0 Å². The Balaban J connectivity index is 1.67. The highest BCUT2D eigenvalue weighted by Crippen LogP contribution is 2.23. The van der Waals surface area contributed by atoms with Crippen LogP contribution in [0.4, 0.5) is 0 Å². The fourth-order valence-electron chi connectivity index (χ4n) is 2.62. The van der Waals surface area contributed by atoms with Crippen LogP contribution in [-0.4, -0.2) is 36.2 Å². The van der Waals surface area contributed by atoms with Gasteiger partial charge in [0.05, 0.1) is 11.1 Å². The first-order valence-electron chi connectivity index (χ1n) is 8.78. The maximum absolute atomic E-state index is 12.4. The Hall–Kier alpha value is -3.87. The number of benzene rings is 3. The molecule has 3 rings (SSSR count). The molecule has 29 heavy (non-hydrogen) atoms. The number of aromatic carboxylic acids is 1. The molecule has 0 aromatic heterocycles. The number of hydrogen-bond donors (Lipinski definition) is 1. The van der Waals surface area contributed by atoms with Crippen LogP contribution >= 0.6 is 0 Å². The van der Waals surface area contributed by atoms with E-state index in [1.54, 1.807) is 24.3 Å². The molecule has 0 spiro atoms. The number of carboxylic acids is 1. The minimum Gasteiger partial charge on any atom is -0.490 e. The lowest BCUT2D eigenvalue weighted by Gasteiger charge is -2.09. The molecule has 0 atom stereocenters. The van der Waals surface area contributed by atoms with Gasteiger partial charge in [-0.25, -0.2) is 9.59 Å². The van der Waals surface area contributed by atoms with Crippen LogP contribution in [-0.2, 0) is 9.53 Å². The third-order valence-corrected chi connectivity index (χ3v) is 4.02. The van der Waals surface area contributed by atoms with Crippen molar-refractivity contribution in [1.29, 1.82) is 0 Å². The van der Waals surface area contributed by atoms with Crippen LogP contribution in [0.3, 0.4) is 0 Å². The summed E-state index contributed by atoms with van der Waals surface area (Å²) >= 11 is 0. The molecule has 0 amide bonds. The SMILES string of the molecule is CC(=O)OCCOc1ccc2cc(C(=O)Oc3ccc(C(=O)O)cc3)ccc2c1. The van der Waals surface area contributed by atoms with E-state index in [0.717, 1.165) is 10.8 Å². The number of rotatable bonds is 7. The number of hydrogen-bond acceptors (Lipinski definition) is 6. The van der Waals surface area contributed by atoms with Crippen LogP contribution in [0, 0.1) is 0 Å². The summed E-state index contributed by atoms with van der Waals surface area (Å²) in [6, 6.07) is 16.1. The molecule has 0 radical (unpaired) electrons. The summed E-state index contributed by atoms with van der Waals surface area (Å²) in [5.74, 6) is -1.07. The van der Waals surface area contributed by atoms with Crippen LogP contribution in [0.25, 0.3) is 10.8 Å². The number of carbonyl (C=O) groups excluding carboxylic acids is 2. The zero-order valence-corrected chi connectivity index (χ0v) is 15.6. The first-order valence-corrected chi connectivity index (χ1v) is 8.78. The zero-order valence-electron chi connectivity index (χ0n) is 15.6. The van der Waals surface area contributed by atoms with Crippen molar-refractivity contribution in [2.75, 3.05) is 13.2 Å².